The minimum Gasteiger partial charge on any atom is -0.493 e. The highest BCUT2D eigenvalue weighted by Gasteiger charge is 2.32. The van der Waals surface area contributed by atoms with Crippen molar-refractivity contribution < 1.29 is 18.7 Å². The van der Waals surface area contributed by atoms with Crippen LogP contribution >= 0.6 is 0 Å². The summed E-state index contributed by atoms with van der Waals surface area (Å²) in [4.78, 5) is 17.8. The van der Waals surface area contributed by atoms with E-state index in [1.165, 1.54) is 12.5 Å². The summed E-state index contributed by atoms with van der Waals surface area (Å²) in [6.45, 7) is 8.84. The number of pyridine rings is 1. The van der Waals surface area contributed by atoms with Crippen molar-refractivity contribution in [3.63, 3.8) is 0 Å². The van der Waals surface area contributed by atoms with E-state index in [1.807, 2.05) is 31.3 Å². The van der Waals surface area contributed by atoms with Crippen LogP contribution in [-0.2, 0) is 16.0 Å². The molecule has 1 aromatic heterocycles. The highest BCUT2D eigenvalue weighted by molar-refractivity contribution is 6.09. The molecule has 0 unspecified atom stereocenters. The van der Waals surface area contributed by atoms with E-state index < -0.39 is 18.4 Å². The first-order valence-electron chi connectivity index (χ1n) is 12.0. The molecular weight excluding hydrogens is 441 g/mol. The lowest BCUT2D eigenvalue weighted by molar-refractivity contribution is -0.142. The number of Topliss-reactive ketones (excluding diaryl/α,β-unsaturated/α-hetero) is 1. The van der Waals surface area contributed by atoms with E-state index >= 15 is 0 Å². The van der Waals surface area contributed by atoms with Crippen LogP contribution in [0.5, 0.6) is 5.75 Å². The molecule has 5 heteroatoms. The zero-order chi connectivity index (χ0) is 24.9. The van der Waals surface area contributed by atoms with E-state index in [9.17, 15) is 9.18 Å². The van der Waals surface area contributed by atoms with Gasteiger partial charge in [0.05, 0.1) is 17.7 Å². The number of halogens is 1. The molecule has 4 aromatic rings. The van der Waals surface area contributed by atoms with E-state index in [2.05, 4.69) is 31.2 Å². The zero-order valence-electron chi connectivity index (χ0n) is 20.9. The van der Waals surface area contributed by atoms with E-state index in [0.29, 0.717) is 6.61 Å². The molecule has 0 fully saturated rings. The molecule has 0 saturated heterocycles. The van der Waals surface area contributed by atoms with Crippen molar-refractivity contribution in [2.24, 2.45) is 0 Å². The molecule has 1 atom stereocenters. The number of nitrogens with zero attached hydrogens (tertiary/aromatic N) is 1. The van der Waals surface area contributed by atoms with Gasteiger partial charge >= 0.3 is 0 Å². The van der Waals surface area contributed by atoms with Crippen LogP contribution in [0.25, 0.3) is 32.8 Å². The molecular formula is C30H30FNO3. The van der Waals surface area contributed by atoms with Gasteiger partial charge in [-0.25, -0.2) is 4.39 Å². The van der Waals surface area contributed by atoms with Crippen LogP contribution in [0.3, 0.4) is 0 Å². The second kappa shape index (κ2) is 8.72. The highest BCUT2D eigenvalue weighted by atomic mass is 19.1. The van der Waals surface area contributed by atoms with E-state index in [1.54, 1.807) is 13.8 Å². The van der Waals surface area contributed by atoms with Crippen molar-refractivity contribution in [2.75, 3.05) is 13.3 Å². The average molecular weight is 472 g/mol. The van der Waals surface area contributed by atoms with Crippen molar-refractivity contribution >= 4 is 27.5 Å². The average Bonchev–Trinajstić information content (AvgIpc) is 2.82. The van der Waals surface area contributed by atoms with Gasteiger partial charge in [-0.1, -0.05) is 29.8 Å². The lowest BCUT2D eigenvalue weighted by atomic mass is 9.84. The van der Waals surface area contributed by atoms with Crippen LogP contribution < -0.4 is 4.74 Å². The number of carbonyl (C=O) groups excluding carboxylic acids is 1. The number of ether oxygens (including phenoxy) is 2. The Hall–Kier alpha value is -3.31. The lowest BCUT2D eigenvalue weighted by Crippen LogP contribution is -2.32. The van der Waals surface area contributed by atoms with Gasteiger partial charge in [-0.2, -0.15) is 0 Å². The largest absolute Gasteiger partial charge is 0.493 e. The van der Waals surface area contributed by atoms with Crippen molar-refractivity contribution in [2.45, 2.75) is 52.7 Å². The molecule has 180 valence electrons. The second-order valence-corrected chi connectivity index (χ2v) is 10.1. The Bertz CT molecular complexity index is 1460. The fourth-order valence-electron chi connectivity index (χ4n) is 5.11. The summed E-state index contributed by atoms with van der Waals surface area (Å²) in [7, 11) is 0. The van der Waals surface area contributed by atoms with Gasteiger partial charge < -0.3 is 9.47 Å². The third-order valence-corrected chi connectivity index (χ3v) is 6.77. The molecule has 0 aliphatic carbocycles. The van der Waals surface area contributed by atoms with Crippen LogP contribution in [0.1, 0.15) is 49.1 Å². The van der Waals surface area contributed by atoms with Crippen molar-refractivity contribution in [3.05, 3.63) is 70.9 Å². The molecule has 1 aliphatic heterocycles. The molecule has 0 radical (unpaired) electrons. The van der Waals surface area contributed by atoms with Crippen LogP contribution in [0.2, 0.25) is 0 Å². The Balaban J connectivity index is 1.89. The standard InChI is InChI=1S/C30H30FNO3/c1-17-6-7-22-21(14-17)15-18(2)25(29(19(3)33)35-30(4,5)16-31)27(22)23-8-9-24-26-20(11-13-34-24)10-12-32-28(23)26/h6-10,12,14-15,29H,11,13,16H2,1-5H3/t29-/m1/s1. The smallest absolute Gasteiger partial charge is 0.163 e. The van der Waals surface area contributed by atoms with Gasteiger partial charge in [0.15, 0.2) is 5.78 Å². The number of hydrogen-bond donors (Lipinski definition) is 0. The van der Waals surface area contributed by atoms with Crippen molar-refractivity contribution in [1.82, 2.24) is 4.98 Å². The summed E-state index contributed by atoms with van der Waals surface area (Å²) < 4.78 is 25.9. The molecule has 0 amide bonds. The number of rotatable bonds is 6. The summed E-state index contributed by atoms with van der Waals surface area (Å²) in [5, 5.41) is 3.08. The van der Waals surface area contributed by atoms with Gasteiger partial charge in [-0.05, 0) is 85.8 Å². The Labute approximate surface area is 205 Å². The topological polar surface area (TPSA) is 48.4 Å². The molecule has 4 nitrogen and oxygen atoms in total. The number of benzene rings is 3. The van der Waals surface area contributed by atoms with Crippen LogP contribution in [0, 0.1) is 13.8 Å². The fraction of sp³-hybridized carbons (Fsp3) is 0.333. The number of ketones is 1. The maximum absolute atomic E-state index is 13.8. The Kier molecular flexibility index (Phi) is 5.84. The zero-order valence-corrected chi connectivity index (χ0v) is 20.9. The molecule has 35 heavy (non-hydrogen) atoms. The van der Waals surface area contributed by atoms with Crippen molar-refractivity contribution in [1.29, 1.82) is 0 Å². The Morgan fingerprint density at radius 3 is 2.71 bits per heavy atom. The van der Waals surface area contributed by atoms with Crippen LogP contribution in [0.4, 0.5) is 4.39 Å². The lowest BCUT2D eigenvalue weighted by Gasteiger charge is -2.30. The third-order valence-electron chi connectivity index (χ3n) is 6.77. The quantitative estimate of drug-likeness (QED) is 0.304. The predicted octanol–water partition coefficient (Wildman–Crippen LogP) is 7.00. The van der Waals surface area contributed by atoms with Gasteiger partial charge in [0, 0.05) is 23.6 Å². The molecule has 5 rings (SSSR count). The van der Waals surface area contributed by atoms with Crippen molar-refractivity contribution in [3.8, 4) is 16.9 Å². The molecule has 0 saturated carbocycles. The first-order valence-corrected chi connectivity index (χ1v) is 12.0. The van der Waals surface area contributed by atoms with Gasteiger partial charge in [-0.15, -0.1) is 0 Å². The monoisotopic (exact) mass is 471 g/mol. The van der Waals surface area contributed by atoms with E-state index in [4.69, 9.17) is 14.5 Å². The maximum Gasteiger partial charge on any atom is 0.163 e. The van der Waals surface area contributed by atoms with E-state index in [0.717, 1.165) is 61.7 Å². The molecule has 0 N–H and O–H groups in total. The molecule has 2 heterocycles. The van der Waals surface area contributed by atoms with Gasteiger partial charge in [-0.3, -0.25) is 9.78 Å². The summed E-state index contributed by atoms with van der Waals surface area (Å²) in [5.41, 5.74) is 5.57. The summed E-state index contributed by atoms with van der Waals surface area (Å²) in [6.07, 6.45) is 1.74. The van der Waals surface area contributed by atoms with Gasteiger partial charge in [0.2, 0.25) is 0 Å². The number of aryl methyl sites for hydroxylation is 2. The number of aromatic nitrogens is 1. The molecule has 0 spiro atoms. The Morgan fingerprint density at radius 2 is 1.97 bits per heavy atom. The second-order valence-electron chi connectivity index (χ2n) is 10.1. The molecule has 3 aromatic carbocycles. The first-order chi connectivity index (χ1) is 16.7. The summed E-state index contributed by atoms with van der Waals surface area (Å²) in [6, 6.07) is 14.4. The van der Waals surface area contributed by atoms with Crippen LogP contribution in [0.15, 0.2) is 48.7 Å². The summed E-state index contributed by atoms with van der Waals surface area (Å²) >= 11 is 0. The van der Waals surface area contributed by atoms with Crippen LogP contribution in [-0.4, -0.2) is 29.6 Å². The highest BCUT2D eigenvalue weighted by Crippen LogP contribution is 2.45. The maximum atomic E-state index is 13.8. The third kappa shape index (κ3) is 4.08. The minimum atomic E-state index is -1.10. The number of carbonyl (C=O) groups is 1. The minimum absolute atomic E-state index is 0.165. The van der Waals surface area contributed by atoms with Gasteiger partial charge in [0.25, 0.3) is 0 Å². The molecule has 1 aliphatic rings. The SMILES string of the molecule is CC(=O)[C@@H](OC(C)(C)CF)c1c(C)cc2cc(C)ccc2c1-c1ccc2c3c(ccnc13)CCO2. The molecule has 0 bridgehead atoms. The summed E-state index contributed by atoms with van der Waals surface area (Å²) in [5.74, 6) is 0.659. The number of hydrogen-bond acceptors (Lipinski definition) is 4. The number of fused-ring (bicyclic) bond motifs is 1. The Morgan fingerprint density at radius 1 is 1.17 bits per heavy atom. The first kappa shape index (κ1) is 23.4. The fourth-order valence-corrected chi connectivity index (χ4v) is 5.11. The number of alkyl halides is 1. The predicted molar refractivity (Wildman–Crippen MR) is 138 cm³/mol. The normalized spacial score (nSPS) is 14.2. The van der Waals surface area contributed by atoms with E-state index in [-0.39, 0.29) is 5.78 Å². The van der Waals surface area contributed by atoms with Gasteiger partial charge in [0.1, 0.15) is 18.5 Å².